The van der Waals surface area contributed by atoms with Crippen LogP contribution in [0.3, 0.4) is 0 Å². The van der Waals surface area contributed by atoms with Crippen LogP contribution >= 0.6 is 11.6 Å². The van der Waals surface area contributed by atoms with Gasteiger partial charge in [0.05, 0.1) is 0 Å². The average Bonchev–Trinajstić information content (AvgIpc) is 2.53. The van der Waals surface area contributed by atoms with E-state index in [0.717, 1.165) is 16.9 Å². The Morgan fingerprint density at radius 1 is 1.00 bits per heavy atom. The van der Waals surface area contributed by atoms with E-state index < -0.39 is 16.9 Å². The lowest BCUT2D eigenvalue weighted by atomic mass is 10.1. The van der Waals surface area contributed by atoms with E-state index >= 15 is 0 Å². The lowest BCUT2D eigenvalue weighted by Crippen LogP contribution is -2.30. The zero-order valence-electron chi connectivity index (χ0n) is 14.3. The highest BCUT2D eigenvalue weighted by Gasteiger charge is 2.23. The maximum absolute atomic E-state index is 11.9. The Hall–Kier alpha value is -2.00. The van der Waals surface area contributed by atoms with Crippen molar-refractivity contribution in [3.63, 3.8) is 0 Å². The van der Waals surface area contributed by atoms with Gasteiger partial charge in [0.25, 0.3) is 0 Å². The molecule has 0 amide bonds. The lowest BCUT2D eigenvalue weighted by Gasteiger charge is -2.21. The lowest BCUT2D eigenvalue weighted by molar-refractivity contribution is -0.154. The van der Waals surface area contributed by atoms with Gasteiger partial charge in [-0.25, -0.2) is 0 Å². The minimum absolute atomic E-state index is 0.395. The maximum atomic E-state index is 11.9. The molecule has 2 rings (SSSR count). The van der Waals surface area contributed by atoms with Crippen molar-refractivity contribution in [1.29, 1.82) is 0 Å². The van der Waals surface area contributed by atoms with Gasteiger partial charge in [-0.1, -0.05) is 42.5 Å². The fraction of sp³-hybridized carbons (Fsp3) is 0.350. The number of ether oxygens (including phenoxy) is 2. The first kappa shape index (κ1) is 18.3. The van der Waals surface area contributed by atoms with Crippen molar-refractivity contribution < 1.29 is 14.3 Å². The SMILES string of the molecule is CC(C)(C)OC(=O)C(Cl)Cc1ccc(OCc2ccccc2)cc1. The summed E-state index contributed by atoms with van der Waals surface area (Å²) in [6, 6.07) is 17.6. The van der Waals surface area contributed by atoms with E-state index in [1.807, 2.05) is 75.4 Å². The zero-order chi connectivity index (χ0) is 17.6. The molecule has 0 aliphatic heterocycles. The summed E-state index contributed by atoms with van der Waals surface area (Å²) in [5.74, 6) is 0.388. The number of rotatable bonds is 6. The predicted molar refractivity (Wildman–Crippen MR) is 96.4 cm³/mol. The smallest absolute Gasteiger partial charge is 0.324 e. The molecule has 0 heterocycles. The minimum Gasteiger partial charge on any atom is -0.489 e. The number of carbonyl (C=O) groups excluding carboxylic acids is 1. The maximum Gasteiger partial charge on any atom is 0.324 e. The van der Waals surface area contributed by atoms with Crippen LogP contribution in [0.4, 0.5) is 0 Å². The van der Waals surface area contributed by atoms with Gasteiger partial charge in [-0.05, 0) is 50.5 Å². The molecule has 0 aliphatic rings. The van der Waals surface area contributed by atoms with Crippen LogP contribution in [0.2, 0.25) is 0 Å². The van der Waals surface area contributed by atoms with Gasteiger partial charge in [-0.3, -0.25) is 4.79 Å². The van der Waals surface area contributed by atoms with E-state index in [1.54, 1.807) is 0 Å². The fourth-order valence-electron chi connectivity index (χ4n) is 2.12. The van der Waals surface area contributed by atoms with Crippen LogP contribution in [0.1, 0.15) is 31.9 Å². The molecule has 4 heteroatoms. The number of esters is 1. The molecule has 1 unspecified atom stereocenters. The summed E-state index contributed by atoms with van der Waals surface area (Å²) in [5.41, 5.74) is 1.56. The summed E-state index contributed by atoms with van der Waals surface area (Å²) in [4.78, 5) is 11.9. The highest BCUT2D eigenvalue weighted by atomic mass is 35.5. The molecule has 0 fully saturated rings. The summed E-state index contributed by atoms with van der Waals surface area (Å²) in [6.07, 6.45) is 0.426. The van der Waals surface area contributed by atoms with Crippen molar-refractivity contribution in [2.75, 3.05) is 0 Å². The van der Waals surface area contributed by atoms with E-state index in [9.17, 15) is 4.79 Å². The van der Waals surface area contributed by atoms with Gasteiger partial charge in [0.15, 0.2) is 0 Å². The second kappa shape index (κ2) is 8.20. The molecular weight excluding hydrogens is 324 g/mol. The van der Waals surface area contributed by atoms with E-state index in [0.29, 0.717) is 13.0 Å². The van der Waals surface area contributed by atoms with Crippen molar-refractivity contribution in [2.24, 2.45) is 0 Å². The molecule has 0 N–H and O–H groups in total. The quantitative estimate of drug-likeness (QED) is 0.559. The van der Waals surface area contributed by atoms with Gasteiger partial charge >= 0.3 is 5.97 Å². The van der Waals surface area contributed by atoms with Gasteiger partial charge in [-0.15, -0.1) is 11.6 Å². The summed E-state index contributed by atoms with van der Waals surface area (Å²) < 4.78 is 11.0. The molecule has 0 spiro atoms. The molecule has 0 aliphatic carbocycles. The average molecular weight is 347 g/mol. The third-order valence-electron chi connectivity index (χ3n) is 3.25. The minimum atomic E-state index is -0.694. The van der Waals surface area contributed by atoms with Gasteiger partial charge in [0.2, 0.25) is 0 Å². The van der Waals surface area contributed by atoms with Gasteiger partial charge in [0.1, 0.15) is 23.3 Å². The van der Waals surface area contributed by atoms with Gasteiger partial charge in [0, 0.05) is 0 Å². The first-order valence-corrected chi connectivity index (χ1v) is 8.40. The van der Waals surface area contributed by atoms with E-state index in [-0.39, 0.29) is 0 Å². The van der Waals surface area contributed by atoms with E-state index in [1.165, 1.54) is 0 Å². The second-order valence-corrected chi connectivity index (χ2v) is 7.15. The standard InChI is InChI=1S/C20H23ClO3/c1-20(2,3)24-19(22)18(21)13-15-9-11-17(12-10-15)23-14-16-7-5-4-6-8-16/h4-12,18H,13-14H2,1-3H3. The molecular formula is C20H23ClO3. The van der Waals surface area contributed by atoms with Gasteiger partial charge in [-0.2, -0.15) is 0 Å². The molecule has 0 saturated carbocycles. The molecule has 128 valence electrons. The number of carbonyl (C=O) groups is 1. The van der Waals surface area contributed by atoms with Crippen molar-refractivity contribution >= 4 is 17.6 Å². The number of benzene rings is 2. The van der Waals surface area contributed by atoms with Crippen LogP contribution < -0.4 is 4.74 Å². The molecule has 0 bridgehead atoms. The van der Waals surface area contributed by atoms with Crippen LogP contribution in [0.15, 0.2) is 54.6 Å². The van der Waals surface area contributed by atoms with Gasteiger partial charge < -0.3 is 9.47 Å². The Labute approximate surface area is 148 Å². The van der Waals surface area contributed by atoms with E-state index in [4.69, 9.17) is 21.1 Å². The Morgan fingerprint density at radius 3 is 2.21 bits per heavy atom. The highest BCUT2D eigenvalue weighted by Crippen LogP contribution is 2.18. The molecule has 24 heavy (non-hydrogen) atoms. The number of hydrogen-bond donors (Lipinski definition) is 0. The van der Waals surface area contributed by atoms with Crippen LogP contribution in [-0.4, -0.2) is 16.9 Å². The van der Waals surface area contributed by atoms with Crippen molar-refractivity contribution in [2.45, 2.75) is 44.8 Å². The Kier molecular flexibility index (Phi) is 6.27. The molecule has 2 aromatic carbocycles. The van der Waals surface area contributed by atoms with Crippen LogP contribution in [0.25, 0.3) is 0 Å². The number of halogens is 1. The Morgan fingerprint density at radius 2 is 1.62 bits per heavy atom. The molecule has 1 atom stereocenters. The molecule has 2 aromatic rings. The predicted octanol–water partition coefficient (Wildman–Crippen LogP) is 4.76. The second-order valence-electron chi connectivity index (χ2n) is 6.62. The molecule has 0 aromatic heterocycles. The topological polar surface area (TPSA) is 35.5 Å². The third-order valence-corrected chi connectivity index (χ3v) is 3.58. The summed E-state index contributed by atoms with van der Waals surface area (Å²) in [7, 11) is 0. The third kappa shape index (κ3) is 6.25. The van der Waals surface area contributed by atoms with Crippen molar-refractivity contribution in [3.8, 4) is 5.75 Å². The van der Waals surface area contributed by atoms with Crippen LogP contribution in [-0.2, 0) is 22.6 Å². The molecule has 0 radical (unpaired) electrons. The number of hydrogen-bond acceptors (Lipinski definition) is 3. The van der Waals surface area contributed by atoms with Crippen molar-refractivity contribution in [1.82, 2.24) is 0 Å². The zero-order valence-corrected chi connectivity index (χ0v) is 15.0. The van der Waals surface area contributed by atoms with Crippen LogP contribution in [0.5, 0.6) is 5.75 Å². The summed E-state index contributed by atoms with van der Waals surface area (Å²) in [6.45, 7) is 6.00. The molecule has 3 nitrogen and oxygen atoms in total. The highest BCUT2D eigenvalue weighted by molar-refractivity contribution is 6.30. The monoisotopic (exact) mass is 346 g/mol. The first-order valence-electron chi connectivity index (χ1n) is 7.96. The van der Waals surface area contributed by atoms with E-state index in [2.05, 4.69) is 0 Å². The fourth-order valence-corrected chi connectivity index (χ4v) is 2.34. The first-order chi connectivity index (χ1) is 11.3. The summed E-state index contributed by atoms with van der Waals surface area (Å²) >= 11 is 6.15. The Bertz CT molecular complexity index is 645. The van der Waals surface area contributed by atoms with Crippen LogP contribution in [0, 0.1) is 0 Å². The Balaban J connectivity index is 1.86. The largest absolute Gasteiger partial charge is 0.489 e. The van der Waals surface area contributed by atoms with Crippen molar-refractivity contribution in [3.05, 3.63) is 65.7 Å². The number of alkyl halides is 1. The molecule has 0 saturated heterocycles. The normalized spacial score (nSPS) is 12.5. The summed E-state index contributed by atoms with van der Waals surface area (Å²) in [5, 5.41) is -0.694.